The lowest BCUT2D eigenvalue weighted by atomic mass is 9.79. The van der Waals surface area contributed by atoms with E-state index in [9.17, 15) is 24.3 Å². The highest BCUT2D eigenvalue weighted by Crippen LogP contribution is 2.36. The number of benzene rings is 2. The van der Waals surface area contributed by atoms with E-state index >= 15 is 0 Å². The summed E-state index contributed by atoms with van der Waals surface area (Å²) in [5.41, 5.74) is 1.04. The second kappa shape index (κ2) is 11.8. The Hall–Kier alpha value is -4.57. The highest BCUT2D eigenvalue weighted by molar-refractivity contribution is 6.07. The minimum absolute atomic E-state index is 0.0154. The van der Waals surface area contributed by atoms with Crippen molar-refractivity contribution >= 4 is 28.6 Å². The predicted molar refractivity (Wildman–Crippen MR) is 165 cm³/mol. The Labute approximate surface area is 255 Å². The average molecular weight is 596 g/mol. The third kappa shape index (κ3) is 5.57. The fraction of sp³-hybridized carbons (Fsp3) is 0.382. The van der Waals surface area contributed by atoms with E-state index in [1.165, 1.54) is 17.8 Å². The number of nitrogens with zero attached hydrogens (tertiary/aromatic N) is 5. The van der Waals surface area contributed by atoms with E-state index in [2.05, 4.69) is 4.98 Å². The summed E-state index contributed by atoms with van der Waals surface area (Å²) >= 11 is 0. The number of piperidine rings is 2. The van der Waals surface area contributed by atoms with Gasteiger partial charge in [0.1, 0.15) is 12.0 Å². The van der Waals surface area contributed by atoms with Crippen LogP contribution >= 0.6 is 0 Å². The van der Waals surface area contributed by atoms with Crippen molar-refractivity contribution in [2.75, 3.05) is 26.2 Å². The van der Waals surface area contributed by atoms with Gasteiger partial charge in [-0.2, -0.15) is 0 Å². The first-order chi connectivity index (χ1) is 21.1. The van der Waals surface area contributed by atoms with Gasteiger partial charge < -0.3 is 19.5 Å². The van der Waals surface area contributed by atoms with Gasteiger partial charge in [0.25, 0.3) is 11.5 Å². The van der Waals surface area contributed by atoms with E-state index < -0.39 is 5.60 Å². The number of likely N-dealkylation sites (tertiary alicyclic amines) is 2. The molecular weight excluding hydrogens is 558 g/mol. The molecule has 6 rings (SSSR count). The number of carbonyl (C=O) groups is 3. The van der Waals surface area contributed by atoms with Gasteiger partial charge in [0.15, 0.2) is 5.78 Å². The van der Waals surface area contributed by atoms with E-state index in [0.717, 1.165) is 5.56 Å². The molecule has 2 fully saturated rings. The number of hydrogen-bond donors (Lipinski definition) is 1. The first-order valence-corrected chi connectivity index (χ1v) is 15.1. The van der Waals surface area contributed by atoms with Crippen molar-refractivity contribution in [1.82, 2.24) is 23.9 Å². The van der Waals surface area contributed by atoms with E-state index in [0.29, 0.717) is 67.6 Å². The Balaban J connectivity index is 1.17. The predicted octanol–water partition coefficient (Wildman–Crippen LogP) is 3.24. The van der Waals surface area contributed by atoms with Crippen molar-refractivity contribution in [1.29, 1.82) is 0 Å². The van der Waals surface area contributed by atoms with Crippen LogP contribution in [0, 0.1) is 5.92 Å². The van der Waals surface area contributed by atoms with Crippen LogP contribution in [0.25, 0.3) is 11.0 Å². The van der Waals surface area contributed by atoms with Gasteiger partial charge in [-0.15, -0.1) is 0 Å². The van der Waals surface area contributed by atoms with Crippen molar-refractivity contribution in [3.8, 4) is 0 Å². The molecule has 1 N–H and O–H groups in total. The van der Waals surface area contributed by atoms with Gasteiger partial charge in [-0.25, -0.2) is 4.98 Å². The summed E-state index contributed by atoms with van der Waals surface area (Å²) in [6.07, 6.45) is 4.44. The minimum Gasteiger partial charge on any atom is -0.388 e. The maximum atomic E-state index is 14.0. The number of aliphatic hydroxyl groups is 1. The molecule has 0 spiro atoms. The molecule has 0 radical (unpaired) electrons. The minimum atomic E-state index is -1.14. The Kier molecular flexibility index (Phi) is 7.94. The molecule has 2 aliphatic rings. The Bertz CT molecular complexity index is 1770. The van der Waals surface area contributed by atoms with Crippen LogP contribution in [0.1, 0.15) is 58.4 Å². The van der Waals surface area contributed by atoms with Gasteiger partial charge in [-0.05, 0) is 43.9 Å². The molecule has 4 heterocycles. The van der Waals surface area contributed by atoms with Crippen LogP contribution in [0.15, 0.2) is 78.0 Å². The topological polar surface area (TPSA) is 118 Å². The number of aromatic nitrogens is 3. The van der Waals surface area contributed by atoms with Crippen LogP contribution in [0.4, 0.5) is 0 Å². The van der Waals surface area contributed by atoms with Crippen LogP contribution < -0.4 is 5.56 Å². The van der Waals surface area contributed by atoms with Crippen LogP contribution in [-0.4, -0.2) is 78.4 Å². The lowest BCUT2D eigenvalue weighted by molar-refractivity contribution is -0.142. The zero-order valence-electron chi connectivity index (χ0n) is 25.1. The van der Waals surface area contributed by atoms with Crippen molar-refractivity contribution in [2.24, 2.45) is 13.0 Å². The second-order valence-corrected chi connectivity index (χ2v) is 12.2. The Morgan fingerprint density at radius 2 is 1.61 bits per heavy atom. The third-order valence-corrected chi connectivity index (χ3v) is 9.30. The number of hydrogen-bond acceptors (Lipinski definition) is 6. The van der Waals surface area contributed by atoms with Crippen LogP contribution in [-0.2, 0) is 18.4 Å². The molecular formula is C34H37N5O5. The zero-order valence-corrected chi connectivity index (χ0v) is 25.1. The molecule has 44 heavy (non-hydrogen) atoms. The highest BCUT2D eigenvalue weighted by Gasteiger charge is 2.42. The largest absolute Gasteiger partial charge is 0.388 e. The van der Waals surface area contributed by atoms with E-state index in [1.54, 1.807) is 46.0 Å². The number of aryl methyl sites for hydroxylation is 1. The van der Waals surface area contributed by atoms with E-state index in [1.807, 2.05) is 42.3 Å². The summed E-state index contributed by atoms with van der Waals surface area (Å²) in [5.74, 6) is -0.895. The fourth-order valence-corrected chi connectivity index (χ4v) is 6.76. The maximum Gasteiger partial charge on any atom is 0.262 e. The standard InChI is InChI=1S/C34H37N5O5/c1-23(40)25-10-6-7-11-26(25)32(42)38-17-13-27(29(20-38)24-8-4-3-5-9-24)31(41)37-18-14-34(44,15-19-37)21-39-22-35-30-28(33(39)43)12-16-36(30)2/h3-12,16,22,27,29,44H,13-15,17-21H2,1-2H3/t27-,29+/m1/s1. The monoisotopic (exact) mass is 595 g/mol. The van der Waals surface area contributed by atoms with E-state index in [4.69, 9.17) is 0 Å². The van der Waals surface area contributed by atoms with Gasteiger partial charge in [-0.1, -0.05) is 48.5 Å². The lowest BCUT2D eigenvalue weighted by Crippen LogP contribution is -2.53. The van der Waals surface area contributed by atoms with Gasteiger partial charge in [0, 0.05) is 56.8 Å². The average Bonchev–Trinajstić information content (AvgIpc) is 3.43. The Morgan fingerprint density at radius 1 is 0.932 bits per heavy atom. The fourth-order valence-electron chi connectivity index (χ4n) is 6.76. The van der Waals surface area contributed by atoms with E-state index in [-0.39, 0.29) is 41.5 Å². The molecule has 10 nitrogen and oxygen atoms in total. The second-order valence-electron chi connectivity index (χ2n) is 12.2. The molecule has 0 unspecified atom stereocenters. The van der Waals surface area contributed by atoms with Crippen molar-refractivity contribution in [2.45, 2.75) is 44.2 Å². The number of ketones is 1. The molecule has 228 valence electrons. The van der Waals surface area contributed by atoms with Crippen LogP contribution in [0.3, 0.4) is 0 Å². The molecule has 2 saturated heterocycles. The first kappa shape index (κ1) is 29.5. The quantitative estimate of drug-likeness (QED) is 0.342. The third-order valence-electron chi connectivity index (χ3n) is 9.30. The summed E-state index contributed by atoms with van der Waals surface area (Å²) in [6.45, 7) is 3.08. The van der Waals surface area contributed by atoms with Crippen molar-refractivity contribution in [3.05, 3.63) is 100 Å². The lowest BCUT2D eigenvalue weighted by Gasteiger charge is -2.43. The molecule has 2 aromatic carbocycles. The smallest absolute Gasteiger partial charge is 0.262 e. The normalized spacial score (nSPS) is 20.1. The number of rotatable bonds is 6. The van der Waals surface area contributed by atoms with Gasteiger partial charge in [-0.3, -0.25) is 23.7 Å². The first-order valence-electron chi connectivity index (χ1n) is 15.1. The molecule has 4 aromatic rings. The molecule has 10 heteroatoms. The van der Waals surface area contributed by atoms with Gasteiger partial charge in [0.2, 0.25) is 5.91 Å². The van der Waals surface area contributed by atoms with Crippen molar-refractivity contribution in [3.63, 3.8) is 0 Å². The SMILES string of the molecule is CC(=O)c1ccccc1C(=O)N1CC[C@@H](C(=O)N2CCC(O)(Cn3cnc4c(ccn4C)c3=O)CC2)[C@H](c2ccccc2)C1. The molecule has 0 aliphatic carbocycles. The summed E-state index contributed by atoms with van der Waals surface area (Å²) in [5, 5.41) is 11.9. The number of amides is 2. The van der Waals surface area contributed by atoms with Gasteiger partial charge in [0.05, 0.1) is 23.1 Å². The molecule has 2 aliphatic heterocycles. The molecule has 2 amide bonds. The van der Waals surface area contributed by atoms with Crippen LogP contribution in [0.2, 0.25) is 0 Å². The Morgan fingerprint density at radius 3 is 2.32 bits per heavy atom. The van der Waals surface area contributed by atoms with Crippen molar-refractivity contribution < 1.29 is 19.5 Å². The molecule has 0 bridgehead atoms. The van der Waals surface area contributed by atoms with Gasteiger partial charge >= 0.3 is 0 Å². The number of Topliss-reactive ketones (excluding diaryl/α,β-unsaturated/α-hetero) is 1. The summed E-state index contributed by atoms with van der Waals surface area (Å²) < 4.78 is 3.25. The number of fused-ring (bicyclic) bond motifs is 1. The molecule has 2 aromatic heterocycles. The summed E-state index contributed by atoms with van der Waals surface area (Å²) in [7, 11) is 1.83. The van der Waals surface area contributed by atoms with Crippen LogP contribution in [0.5, 0.6) is 0 Å². The molecule has 2 atom stereocenters. The summed E-state index contributed by atoms with van der Waals surface area (Å²) in [6, 6.07) is 18.4. The highest BCUT2D eigenvalue weighted by atomic mass is 16.3. The number of carbonyl (C=O) groups excluding carboxylic acids is 3. The summed E-state index contributed by atoms with van der Waals surface area (Å²) in [4.78, 5) is 60.8. The molecule has 0 saturated carbocycles. The zero-order chi connectivity index (χ0) is 31.0. The maximum absolute atomic E-state index is 14.0.